The number of piperidine rings is 1. The van der Waals surface area contributed by atoms with Gasteiger partial charge in [-0.2, -0.15) is 5.10 Å². The number of benzene rings is 2. The molecule has 0 radical (unpaired) electrons. The lowest BCUT2D eigenvalue weighted by molar-refractivity contribution is -0.905. The van der Waals surface area contributed by atoms with Gasteiger partial charge in [0, 0.05) is 11.6 Å². The van der Waals surface area contributed by atoms with Crippen molar-refractivity contribution in [2.45, 2.75) is 25.8 Å². The number of nitrogens with zero attached hydrogens (tertiary/aromatic N) is 2. The average molecular weight is 334 g/mol. The van der Waals surface area contributed by atoms with Crippen molar-refractivity contribution in [2.24, 2.45) is 0 Å². The fourth-order valence-electron chi connectivity index (χ4n) is 3.68. The Kier molecular flexibility index (Phi) is 4.61. The van der Waals surface area contributed by atoms with Gasteiger partial charge >= 0.3 is 0 Å². The minimum atomic E-state index is -0.0130. The Morgan fingerprint density at radius 3 is 2.56 bits per heavy atom. The second kappa shape index (κ2) is 7.19. The number of likely N-dealkylation sites (tertiary alicyclic amines) is 1. The molecule has 1 aliphatic heterocycles. The van der Waals surface area contributed by atoms with Crippen LogP contribution in [0.15, 0.2) is 59.4 Å². The predicted octanol–water partition coefficient (Wildman–Crippen LogP) is 2.13. The highest BCUT2D eigenvalue weighted by molar-refractivity contribution is 5.86. The summed E-state index contributed by atoms with van der Waals surface area (Å²) in [5.74, 6) is 0. The topological polar surface area (TPSA) is 39.3 Å². The Labute approximate surface area is 147 Å². The summed E-state index contributed by atoms with van der Waals surface area (Å²) in [6.45, 7) is 4.11. The molecule has 4 nitrogen and oxygen atoms in total. The number of fused-ring (bicyclic) bond motifs is 1. The molecule has 1 saturated heterocycles. The molecule has 1 aliphatic rings. The normalized spacial score (nSPS) is 15.5. The van der Waals surface area contributed by atoms with E-state index in [0.29, 0.717) is 6.54 Å². The lowest BCUT2D eigenvalue weighted by Gasteiger charge is -2.23. The lowest BCUT2D eigenvalue weighted by atomic mass is 10.1. The molecule has 0 amide bonds. The molecular weight excluding hydrogens is 310 g/mol. The Bertz CT molecular complexity index is 926. The molecule has 0 saturated carbocycles. The Morgan fingerprint density at radius 1 is 0.920 bits per heavy atom. The van der Waals surface area contributed by atoms with Crippen LogP contribution in [-0.2, 0) is 6.54 Å². The molecule has 2 heterocycles. The van der Waals surface area contributed by atoms with Gasteiger partial charge in [0.1, 0.15) is 0 Å². The SMILES string of the molecule is O=c1ccc(-c2ccc3ccccc3c2)nn1CC[NH+]1CCCCC1. The maximum absolute atomic E-state index is 12.2. The van der Waals surface area contributed by atoms with Crippen LogP contribution >= 0.6 is 0 Å². The van der Waals surface area contributed by atoms with E-state index in [4.69, 9.17) is 0 Å². The van der Waals surface area contributed by atoms with E-state index in [-0.39, 0.29) is 5.56 Å². The first-order valence-corrected chi connectivity index (χ1v) is 9.20. The van der Waals surface area contributed by atoms with E-state index in [2.05, 4.69) is 35.4 Å². The number of rotatable bonds is 4. The molecule has 0 spiro atoms. The van der Waals surface area contributed by atoms with Gasteiger partial charge in [-0.25, -0.2) is 4.68 Å². The van der Waals surface area contributed by atoms with Crippen molar-refractivity contribution < 1.29 is 4.90 Å². The summed E-state index contributed by atoms with van der Waals surface area (Å²) in [4.78, 5) is 13.8. The second-order valence-electron chi connectivity index (χ2n) is 6.90. The molecule has 1 fully saturated rings. The van der Waals surface area contributed by atoms with Gasteiger partial charge in [0.05, 0.1) is 31.9 Å². The van der Waals surface area contributed by atoms with Crippen molar-refractivity contribution in [3.63, 3.8) is 0 Å². The van der Waals surface area contributed by atoms with Gasteiger partial charge in [-0.15, -0.1) is 0 Å². The first kappa shape index (κ1) is 16.0. The van der Waals surface area contributed by atoms with Crippen LogP contribution in [-0.4, -0.2) is 29.4 Å². The number of quaternary nitrogens is 1. The lowest BCUT2D eigenvalue weighted by Crippen LogP contribution is -3.13. The molecular formula is C21H24N3O+. The third-order valence-electron chi connectivity index (χ3n) is 5.15. The first-order chi connectivity index (χ1) is 12.3. The maximum Gasteiger partial charge on any atom is 0.266 e. The van der Waals surface area contributed by atoms with Gasteiger partial charge in [0.15, 0.2) is 0 Å². The molecule has 0 atom stereocenters. The van der Waals surface area contributed by atoms with Gasteiger partial charge in [-0.05, 0) is 42.2 Å². The van der Waals surface area contributed by atoms with Crippen LogP contribution in [0.25, 0.3) is 22.0 Å². The monoisotopic (exact) mass is 334 g/mol. The minimum absolute atomic E-state index is 0.0130. The zero-order chi connectivity index (χ0) is 17.1. The van der Waals surface area contributed by atoms with Crippen LogP contribution in [0.5, 0.6) is 0 Å². The highest BCUT2D eigenvalue weighted by Gasteiger charge is 2.14. The van der Waals surface area contributed by atoms with Crippen molar-refractivity contribution >= 4 is 10.8 Å². The predicted molar refractivity (Wildman–Crippen MR) is 101 cm³/mol. The van der Waals surface area contributed by atoms with Crippen LogP contribution in [0.3, 0.4) is 0 Å². The Hall–Kier alpha value is -2.46. The molecule has 128 valence electrons. The van der Waals surface area contributed by atoms with Crippen LogP contribution in [0.4, 0.5) is 0 Å². The van der Waals surface area contributed by atoms with Gasteiger partial charge in [0.25, 0.3) is 5.56 Å². The summed E-state index contributed by atoms with van der Waals surface area (Å²) >= 11 is 0. The van der Waals surface area contributed by atoms with E-state index in [1.807, 2.05) is 18.2 Å². The standard InChI is InChI=1S/C21H23N3O/c25-21-11-10-20(19-9-8-17-6-2-3-7-18(17)16-19)22-24(21)15-14-23-12-4-1-5-13-23/h2-3,6-11,16H,1,4-5,12-15H2/p+1. The fraction of sp³-hybridized carbons (Fsp3) is 0.333. The summed E-state index contributed by atoms with van der Waals surface area (Å²) in [7, 11) is 0. The van der Waals surface area contributed by atoms with E-state index in [1.54, 1.807) is 15.6 Å². The van der Waals surface area contributed by atoms with Crippen LogP contribution < -0.4 is 10.5 Å². The molecule has 2 aromatic carbocycles. The molecule has 4 heteroatoms. The van der Waals surface area contributed by atoms with Crippen LogP contribution in [0, 0.1) is 0 Å². The van der Waals surface area contributed by atoms with E-state index in [1.165, 1.54) is 43.1 Å². The molecule has 0 aliphatic carbocycles. The van der Waals surface area contributed by atoms with Crippen molar-refractivity contribution in [2.75, 3.05) is 19.6 Å². The van der Waals surface area contributed by atoms with Gasteiger partial charge in [-0.1, -0.05) is 36.4 Å². The molecule has 0 unspecified atom stereocenters. The third-order valence-corrected chi connectivity index (χ3v) is 5.15. The molecule has 1 N–H and O–H groups in total. The summed E-state index contributed by atoms with van der Waals surface area (Å²) in [6.07, 6.45) is 3.95. The number of hydrogen-bond donors (Lipinski definition) is 1. The summed E-state index contributed by atoms with van der Waals surface area (Å²) < 4.78 is 1.63. The highest BCUT2D eigenvalue weighted by Crippen LogP contribution is 2.22. The third kappa shape index (κ3) is 3.64. The Morgan fingerprint density at radius 2 is 1.72 bits per heavy atom. The van der Waals surface area contributed by atoms with Crippen molar-refractivity contribution in [1.29, 1.82) is 0 Å². The maximum atomic E-state index is 12.2. The number of hydrogen-bond acceptors (Lipinski definition) is 2. The van der Waals surface area contributed by atoms with E-state index >= 15 is 0 Å². The summed E-state index contributed by atoms with van der Waals surface area (Å²) in [5.41, 5.74) is 1.90. The Balaban J connectivity index is 1.58. The fourth-order valence-corrected chi connectivity index (χ4v) is 3.68. The smallest absolute Gasteiger partial charge is 0.266 e. The average Bonchev–Trinajstić information content (AvgIpc) is 2.68. The van der Waals surface area contributed by atoms with Gasteiger partial charge < -0.3 is 4.90 Å². The van der Waals surface area contributed by atoms with Crippen molar-refractivity contribution in [1.82, 2.24) is 9.78 Å². The zero-order valence-electron chi connectivity index (χ0n) is 14.4. The molecule has 1 aromatic heterocycles. The van der Waals surface area contributed by atoms with Gasteiger partial charge in [0.2, 0.25) is 0 Å². The summed E-state index contributed by atoms with van der Waals surface area (Å²) in [5, 5.41) is 7.03. The van der Waals surface area contributed by atoms with Crippen molar-refractivity contribution in [3.8, 4) is 11.3 Å². The zero-order valence-corrected chi connectivity index (χ0v) is 14.4. The largest absolute Gasteiger partial charge is 0.333 e. The van der Waals surface area contributed by atoms with Crippen LogP contribution in [0.1, 0.15) is 19.3 Å². The van der Waals surface area contributed by atoms with Gasteiger partial charge in [-0.3, -0.25) is 4.79 Å². The van der Waals surface area contributed by atoms with E-state index < -0.39 is 0 Å². The van der Waals surface area contributed by atoms with Crippen LogP contribution in [0.2, 0.25) is 0 Å². The van der Waals surface area contributed by atoms with E-state index in [0.717, 1.165) is 17.8 Å². The number of aromatic nitrogens is 2. The minimum Gasteiger partial charge on any atom is -0.333 e. The molecule has 4 rings (SSSR count). The quantitative estimate of drug-likeness (QED) is 0.794. The summed E-state index contributed by atoms with van der Waals surface area (Å²) in [6, 6.07) is 18.1. The number of nitrogens with one attached hydrogen (secondary N) is 1. The first-order valence-electron chi connectivity index (χ1n) is 9.20. The van der Waals surface area contributed by atoms with E-state index in [9.17, 15) is 4.79 Å². The molecule has 0 bridgehead atoms. The molecule has 3 aromatic rings. The molecule has 25 heavy (non-hydrogen) atoms. The second-order valence-corrected chi connectivity index (χ2v) is 6.90. The van der Waals surface area contributed by atoms with Crippen molar-refractivity contribution in [3.05, 3.63) is 65.0 Å². The highest BCUT2D eigenvalue weighted by atomic mass is 16.1.